The average molecular weight is 724 g/mol. The SMILES string of the molecule is C/C=C\C(=C/C)c1ccc(-c2cccc(-c3nc(-c4ccccc4)nc(-c4cccc5sc6ccc(-c7ccc(-c8ccccc8)cc7)cc6c45)n3)c2)cc1. The van der Waals surface area contributed by atoms with Gasteiger partial charge in [0, 0.05) is 36.9 Å². The van der Waals surface area contributed by atoms with Crippen LogP contribution in [0.1, 0.15) is 19.4 Å². The number of rotatable bonds is 8. The lowest BCUT2D eigenvalue weighted by Gasteiger charge is -2.11. The Morgan fingerprint density at radius 1 is 0.436 bits per heavy atom. The second-order valence-electron chi connectivity index (χ2n) is 13.5. The van der Waals surface area contributed by atoms with Gasteiger partial charge in [0.2, 0.25) is 0 Å². The lowest BCUT2D eigenvalue weighted by molar-refractivity contribution is 1.08. The molecule has 0 aliphatic rings. The van der Waals surface area contributed by atoms with Gasteiger partial charge >= 0.3 is 0 Å². The van der Waals surface area contributed by atoms with Gasteiger partial charge in [-0.2, -0.15) is 0 Å². The highest BCUT2D eigenvalue weighted by Crippen LogP contribution is 2.41. The van der Waals surface area contributed by atoms with Crippen LogP contribution in [0.5, 0.6) is 0 Å². The van der Waals surface area contributed by atoms with Crippen LogP contribution in [0.3, 0.4) is 0 Å². The van der Waals surface area contributed by atoms with E-state index in [-0.39, 0.29) is 0 Å². The zero-order valence-corrected chi connectivity index (χ0v) is 31.5. The van der Waals surface area contributed by atoms with Crippen LogP contribution in [0, 0.1) is 0 Å². The molecule has 0 aliphatic carbocycles. The van der Waals surface area contributed by atoms with Crippen LogP contribution in [0.4, 0.5) is 0 Å². The summed E-state index contributed by atoms with van der Waals surface area (Å²) in [6.07, 6.45) is 6.35. The Labute approximate surface area is 325 Å². The third-order valence-corrected chi connectivity index (χ3v) is 11.2. The van der Waals surface area contributed by atoms with Crippen LogP contribution in [-0.4, -0.2) is 15.0 Å². The highest BCUT2D eigenvalue weighted by Gasteiger charge is 2.18. The molecule has 3 nitrogen and oxygen atoms in total. The first kappa shape index (κ1) is 34.0. The van der Waals surface area contributed by atoms with Crippen LogP contribution in [0.25, 0.3) is 93.3 Å². The Balaban J connectivity index is 1.15. The van der Waals surface area contributed by atoms with E-state index in [0.29, 0.717) is 17.5 Å². The van der Waals surface area contributed by atoms with Gasteiger partial charge in [0.1, 0.15) is 0 Å². The molecule has 9 rings (SSSR count). The van der Waals surface area contributed by atoms with Crippen molar-refractivity contribution in [1.82, 2.24) is 15.0 Å². The van der Waals surface area contributed by atoms with Crippen molar-refractivity contribution in [2.45, 2.75) is 13.8 Å². The molecule has 0 fully saturated rings. The molecule has 7 aromatic carbocycles. The zero-order chi connectivity index (χ0) is 37.1. The molecule has 2 aromatic heterocycles. The number of fused-ring (bicyclic) bond motifs is 3. The van der Waals surface area contributed by atoms with Crippen LogP contribution < -0.4 is 0 Å². The summed E-state index contributed by atoms with van der Waals surface area (Å²) in [7, 11) is 0. The summed E-state index contributed by atoms with van der Waals surface area (Å²) in [5, 5.41) is 2.36. The third-order valence-electron chi connectivity index (χ3n) is 10.1. The van der Waals surface area contributed by atoms with Crippen molar-refractivity contribution in [3.05, 3.63) is 194 Å². The minimum Gasteiger partial charge on any atom is -0.208 e. The molecule has 0 saturated carbocycles. The Morgan fingerprint density at radius 2 is 0.964 bits per heavy atom. The quantitative estimate of drug-likeness (QED) is 0.147. The number of aromatic nitrogens is 3. The van der Waals surface area contributed by atoms with Crippen molar-refractivity contribution in [2.75, 3.05) is 0 Å². The molecule has 0 saturated heterocycles. The largest absolute Gasteiger partial charge is 0.208 e. The molecule has 2 heterocycles. The highest BCUT2D eigenvalue weighted by atomic mass is 32.1. The molecule has 0 bridgehead atoms. The standard InChI is InChI=1S/C51H37N3S/c1-3-13-34(4-2)36-22-26-38(27-23-36)41-18-11-19-43(32-41)50-52-49(40-16-9-6-10-17-40)53-51(54-50)44-20-12-21-47-48(44)45-33-42(30-31-46(45)55-47)39-28-24-37(25-29-39)35-14-7-5-8-15-35/h3-33H,1-2H3/b13-3-,34-4+. The van der Waals surface area contributed by atoms with Crippen LogP contribution >= 0.6 is 11.3 Å². The maximum absolute atomic E-state index is 5.23. The van der Waals surface area contributed by atoms with Crippen molar-refractivity contribution >= 4 is 37.1 Å². The molecular formula is C51H37N3S. The molecule has 9 aromatic rings. The third kappa shape index (κ3) is 6.80. The number of thiophene rings is 1. The monoisotopic (exact) mass is 723 g/mol. The van der Waals surface area contributed by atoms with E-state index in [0.717, 1.165) is 33.2 Å². The first-order valence-corrected chi connectivity index (χ1v) is 19.4. The van der Waals surface area contributed by atoms with Gasteiger partial charge in [-0.25, -0.2) is 15.0 Å². The minimum absolute atomic E-state index is 0.641. The van der Waals surface area contributed by atoms with Gasteiger partial charge in [0.25, 0.3) is 0 Å². The molecule has 0 N–H and O–H groups in total. The van der Waals surface area contributed by atoms with Gasteiger partial charge < -0.3 is 0 Å². The van der Waals surface area contributed by atoms with Crippen LogP contribution in [-0.2, 0) is 0 Å². The second kappa shape index (κ2) is 14.9. The van der Waals surface area contributed by atoms with E-state index in [1.165, 1.54) is 48.2 Å². The van der Waals surface area contributed by atoms with E-state index < -0.39 is 0 Å². The van der Waals surface area contributed by atoms with Crippen molar-refractivity contribution < 1.29 is 0 Å². The number of benzene rings is 7. The number of nitrogens with zero attached hydrogens (tertiary/aromatic N) is 3. The molecule has 0 spiro atoms. The van der Waals surface area contributed by atoms with E-state index in [1.54, 1.807) is 11.3 Å². The maximum atomic E-state index is 5.23. The van der Waals surface area contributed by atoms with Gasteiger partial charge in [-0.1, -0.05) is 164 Å². The van der Waals surface area contributed by atoms with Gasteiger partial charge in [-0.15, -0.1) is 11.3 Å². The lowest BCUT2D eigenvalue weighted by Crippen LogP contribution is -2.00. The fourth-order valence-electron chi connectivity index (χ4n) is 7.25. The summed E-state index contributed by atoms with van der Waals surface area (Å²) in [5.41, 5.74) is 12.3. The minimum atomic E-state index is 0.641. The Hall–Kier alpha value is -6.75. The van der Waals surface area contributed by atoms with Crippen LogP contribution in [0.2, 0.25) is 0 Å². The van der Waals surface area contributed by atoms with E-state index in [9.17, 15) is 0 Å². The molecule has 0 radical (unpaired) electrons. The van der Waals surface area contributed by atoms with E-state index in [4.69, 9.17) is 15.0 Å². The van der Waals surface area contributed by atoms with Crippen LogP contribution in [0.15, 0.2) is 188 Å². The topological polar surface area (TPSA) is 38.7 Å². The predicted molar refractivity (Wildman–Crippen MR) is 234 cm³/mol. The van der Waals surface area contributed by atoms with Crippen molar-refractivity contribution in [3.8, 4) is 67.5 Å². The Morgan fingerprint density at radius 3 is 1.65 bits per heavy atom. The summed E-state index contributed by atoms with van der Waals surface area (Å²) in [5.74, 6) is 1.95. The fourth-order valence-corrected chi connectivity index (χ4v) is 8.36. The normalized spacial score (nSPS) is 11.9. The molecule has 0 amide bonds. The lowest BCUT2D eigenvalue weighted by atomic mass is 9.98. The highest BCUT2D eigenvalue weighted by molar-refractivity contribution is 7.26. The summed E-state index contributed by atoms with van der Waals surface area (Å²) in [6, 6.07) is 60.0. The smallest absolute Gasteiger partial charge is 0.164 e. The molecular weight excluding hydrogens is 687 g/mol. The predicted octanol–water partition coefficient (Wildman–Crippen LogP) is 14.2. The summed E-state index contributed by atoms with van der Waals surface area (Å²) >= 11 is 1.80. The Kier molecular flexibility index (Phi) is 9.25. The maximum Gasteiger partial charge on any atom is 0.164 e. The van der Waals surface area contributed by atoms with E-state index in [1.807, 2.05) is 25.1 Å². The first-order valence-electron chi connectivity index (χ1n) is 18.6. The van der Waals surface area contributed by atoms with Gasteiger partial charge in [0.15, 0.2) is 17.5 Å². The first-order chi connectivity index (χ1) is 27.1. The van der Waals surface area contributed by atoms with Gasteiger partial charge in [-0.05, 0) is 82.6 Å². The fraction of sp³-hybridized carbons (Fsp3) is 0.0392. The van der Waals surface area contributed by atoms with E-state index in [2.05, 4.69) is 177 Å². The van der Waals surface area contributed by atoms with Crippen molar-refractivity contribution in [1.29, 1.82) is 0 Å². The molecule has 0 aliphatic heterocycles. The van der Waals surface area contributed by atoms with E-state index >= 15 is 0 Å². The van der Waals surface area contributed by atoms with Crippen molar-refractivity contribution in [3.63, 3.8) is 0 Å². The Bertz CT molecular complexity index is 2850. The molecule has 4 heteroatoms. The molecule has 262 valence electrons. The molecule has 0 unspecified atom stereocenters. The number of allylic oxidation sites excluding steroid dienone is 4. The summed E-state index contributed by atoms with van der Waals surface area (Å²) < 4.78 is 2.43. The van der Waals surface area contributed by atoms with Crippen molar-refractivity contribution in [2.24, 2.45) is 0 Å². The number of hydrogen-bond acceptors (Lipinski definition) is 4. The number of hydrogen-bond donors (Lipinski definition) is 0. The zero-order valence-electron chi connectivity index (χ0n) is 30.6. The summed E-state index contributed by atoms with van der Waals surface area (Å²) in [6.45, 7) is 4.12. The van der Waals surface area contributed by atoms with Gasteiger partial charge in [-0.3, -0.25) is 0 Å². The van der Waals surface area contributed by atoms with Gasteiger partial charge in [0.05, 0.1) is 0 Å². The molecule has 55 heavy (non-hydrogen) atoms. The molecule has 0 atom stereocenters. The second-order valence-corrected chi connectivity index (χ2v) is 14.6. The average Bonchev–Trinajstić information content (AvgIpc) is 3.64. The summed E-state index contributed by atoms with van der Waals surface area (Å²) in [4.78, 5) is 15.5.